The van der Waals surface area contributed by atoms with Gasteiger partial charge in [-0.3, -0.25) is 14.6 Å². The van der Waals surface area contributed by atoms with Crippen LogP contribution in [-0.2, 0) is 17.8 Å². The molecule has 2 heterocycles. The molecule has 3 aromatic carbocycles. The summed E-state index contributed by atoms with van der Waals surface area (Å²) in [7, 11) is 0. The summed E-state index contributed by atoms with van der Waals surface area (Å²) >= 11 is 0. The minimum Gasteiger partial charge on any atom is -0.366 e. The van der Waals surface area contributed by atoms with Gasteiger partial charge >= 0.3 is 0 Å². The second kappa shape index (κ2) is 12.0. The first-order valence-electron chi connectivity index (χ1n) is 12.8. The highest BCUT2D eigenvalue weighted by atomic mass is 19.1. The Morgan fingerprint density at radius 2 is 1.60 bits per heavy atom. The fraction of sp³-hybridized carbons (Fsp3) is 0.0968. The first-order valence-corrected chi connectivity index (χ1v) is 12.8. The maximum absolute atomic E-state index is 14.7. The van der Waals surface area contributed by atoms with Crippen molar-refractivity contribution in [1.82, 2.24) is 20.1 Å². The lowest BCUT2D eigenvalue weighted by atomic mass is 9.94. The molecule has 0 unspecified atom stereocenters. The predicted molar refractivity (Wildman–Crippen MR) is 147 cm³/mol. The molecule has 1 atom stereocenters. The van der Waals surface area contributed by atoms with E-state index < -0.39 is 47.8 Å². The van der Waals surface area contributed by atoms with Gasteiger partial charge < -0.3 is 11.1 Å². The minimum atomic E-state index is -0.982. The fourth-order valence-corrected chi connectivity index (χ4v) is 4.63. The second-order valence-corrected chi connectivity index (χ2v) is 9.47. The Labute approximate surface area is 237 Å². The lowest BCUT2D eigenvalue weighted by Gasteiger charge is -2.22. The number of rotatable bonds is 9. The van der Waals surface area contributed by atoms with E-state index in [4.69, 9.17) is 5.73 Å². The molecular weight excluding hydrogens is 550 g/mol. The number of carbonyl (C=O) groups is 2. The Balaban J connectivity index is 1.49. The van der Waals surface area contributed by atoms with Gasteiger partial charge in [0.05, 0.1) is 23.0 Å². The van der Waals surface area contributed by atoms with Crippen LogP contribution in [0.4, 0.5) is 17.6 Å². The first kappa shape index (κ1) is 28.2. The SMILES string of the molecule is NC(=O)c1cc(-c2cccnc2[C@H](Cc2cc(F)cc(F)c2)NC(=O)Cn2nc(-c3ccccc3)cc2F)ccc1F. The van der Waals surface area contributed by atoms with E-state index in [9.17, 15) is 27.2 Å². The average molecular weight is 574 g/mol. The zero-order chi connectivity index (χ0) is 29.8. The number of hydrogen-bond acceptors (Lipinski definition) is 4. The number of nitrogens with one attached hydrogen (secondary N) is 1. The summed E-state index contributed by atoms with van der Waals surface area (Å²) in [5.41, 5.74) is 7.20. The number of pyridine rings is 1. The summed E-state index contributed by atoms with van der Waals surface area (Å²) in [6, 6.07) is 19.0. The zero-order valence-electron chi connectivity index (χ0n) is 21.9. The van der Waals surface area contributed by atoms with Crippen LogP contribution in [0.2, 0.25) is 0 Å². The Bertz CT molecular complexity index is 1750. The highest BCUT2D eigenvalue weighted by molar-refractivity contribution is 5.94. The molecule has 2 aromatic heterocycles. The Kier molecular flexibility index (Phi) is 8.09. The molecule has 5 aromatic rings. The molecule has 0 bridgehead atoms. The number of benzene rings is 3. The van der Waals surface area contributed by atoms with Gasteiger partial charge in [0.1, 0.15) is 24.0 Å². The first-order chi connectivity index (χ1) is 20.2. The molecule has 11 heteroatoms. The number of carbonyl (C=O) groups excluding carboxylic acids is 2. The molecule has 2 amide bonds. The third-order valence-electron chi connectivity index (χ3n) is 6.50. The lowest BCUT2D eigenvalue weighted by molar-refractivity contribution is -0.122. The van der Waals surface area contributed by atoms with Crippen molar-refractivity contribution in [2.45, 2.75) is 19.0 Å². The number of nitrogens with zero attached hydrogens (tertiary/aromatic N) is 3. The van der Waals surface area contributed by atoms with Gasteiger partial charge in [0.15, 0.2) is 0 Å². The quantitative estimate of drug-likeness (QED) is 0.232. The van der Waals surface area contributed by atoms with Gasteiger partial charge in [-0.15, -0.1) is 0 Å². The van der Waals surface area contributed by atoms with Crippen LogP contribution in [0.15, 0.2) is 91.1 Å². The number of amides is 2. The van der Waals surface area contributed by atoms with Crippen molar-refractivity contribution in [3.05, 3.63) is 131 Å². The van der Waals surface area contributed by atoms with Crippen molar-refractivity contribution in [3.63, 3.8) is 0 Å². The van der Waals surface area contributed by atoms with E-state index in [-0.39, 0.29) is 23.2 Å². The van der Waals surface area contributed by atoms with Crippen LogP contribution in [0.1, 0.15) is 27.7 Å². The molecule has 0 fully saturated rings. The van der Waals surface area contributed by atoms with E-state index >= 15 is 0 Å². The van der Waals surface area contributed by atoms with E-state index in [2.05, 4.69) is 15.4 Å². The van der Waals surface area contributed by atoms with E-state index in [1.165, 1.54) is 24.4 Å². The van der Waals surface area contributed by atoms with Crippen LogP contribution in [0.3, 0.4) is 0 Å². The summed E-state index contributed by atoms with van der Waals surface area (Å²) in [6.07, 6.45) is 1.34. The molecule has 0 saturated heterocycles. The van der Waals surface area contributed by atoms with Gasteiger partial charge in [-0.1, -0.05) is 42.5 Å². The topological polar surface area (TPSA) is 103 Å². The average Bonchev–Trinajstić information content (AvgIpc) is 3.32. The Hall–Kier alpha value is -5.32. The van der Waals surface area contributed by atoms with Crippen LogP contribution >= 0.6 is 0 Å². The van der Waals surface area contributed by atoms with Gasteiger partial charge in [0, 0.05) is 29.5 Å². The summed E-state index contributed by atoms with van der Waals surface area (Å²) in [4.78, 5) is 29.4. The molecule has 5 rings (SSSR count). The number of primary amides is 1. The van der Waals surface area contributed by atoms with Crippen LogP contribution in [0.25, 0.3) is 22.4 Å². The van der Waals surface area contributed by atoms with Crippen LogP contribution < -0.4 is 11.1 Å². The van der Waals surface area contributed by atoms with Crippen LogP contribution in [-0.4, -0.2) is 26.6 Å². The van der Waals surface area contributed by atoms with Gasteiger partial charge in [0.25, 0.3) is 5.91 Å². The molecular formula is C31H23F4N5O2. The number of hydrogen-bond donors (Lipinski definition) is 2. The monoisotopic (exact) mass is 573 g/mol. The van der Waals surface area contributed by atoms with Gasteiger partial charge in [0.2, 0.25) is 11.9 Å². The lowest BCUT2D eigenvalue weighted by Crippen LogP contribution is -2.34. The Morgan fingerprint density at radius 3 is 2.31 bits per heavy atom. The van der Waals surface area contributed by atoms with E-state index in [0.717, 1.165) is 28.9 Å². The van der Waals surface area contributed by atoms with Gasteiger partial charge in [-0.05, 0) is 47.9 Å². The molecule has 0 spiro atoms. The van der Waals surface area contributed by atoms with E-state index in [1.807, 2.05) is 0 Å². The normalized spacial score (nSPS) is 11.7. The van der Waals surface area contributed by atoms with Crippen molar-refractivity contribution in [2.24, 2.45) is 5.73 Å². The highest BCUT2D eigenvalue weighted by Crippen LogP contribution is 2.30. The van der Waals surface area contributed by atoms with E-state index in [0.29, 0.717) is 22.4 Å². The van der Waals surface area contributed by atoms with Crippen molar-refractivity contribution in [2.75, 3.05) is 0 Å². The fourth-order valence-electron chi connectivity index (χ4n) is 4.63. The molecule has 0 aliphatic carbocycles. The molecule has 212 valence electrons. The van der Waals surface area contributed by atoms with Crippen molar-refractivity contribution < 1.29 is 27.2 Å². The molecule has 0 radical (unpaired) electrons. The largest absolute Gasteiger partial charge is 0.366 e. The smallest absolute Gasteiger partial charge is 0.251 e. The number of aromatic nitrogens is 3. The maximum atomic E-state index is 14.7. The molecule has 0 saturated carbocycles. The predicted octanol–water partition coefficient (Wildman–Crippen LogP) is 5.37. The maximum Gasteiger partial charge on any atom is 0.251 e. The highest BCUT2D eigenvalue weighted by Gasteiger charge is 2.23. The number of nitrogens with two attached hydrogens (primary N) is 1. The van der Waals surface area contributed by atoms with Crippen molar-refractivity contribution >= 4 is 11.8 Å². The summed E-state index contributed by atoms with van der Waals surface area (Å²) in [5, 5.41) is 6.96. The molecule has 7 nitrogen and oxygen atoms in total. The molecule has 0 aliphatic heterocycles. The van der Waals surface area contributed by atoms with E-state index in [1.54, 1.807) is 42.5 Å². The third-order valence-corrected chi connectivity index (χ3v) is 6.50. The Morgan fingerprint density at radius 1 is 0.857 bits per heavy atom. The van der Waals surface area contributed by atoms with Crippen LogP contribution in [0, 0.1) is 23.4 Å². The summed E-state index contributed by atoms with van der Waals surface area (Å²) < 4.78 is 57.9. The minimum absolute atomic E-state index is 0.106. The van der Waals surface area contributed by atoms with Gasteiger partial charge in [-0.25, -0.2) is 17.9 Å². The van der Waals surface area contributed by atoms with Gasteiger partial charge in [-0.2, -0.15) is 9.49 Å². The van der Waals surface area contributed by atoms with Crippen LogP contribution in [0.5, 0.6) is 0 Å². The molecule has 42 heavy (non-hydrogen) atoms. The second-order valence-electron chi connectivity index (χ2n) is 9.47. The summed E-state index contributed by atoms with van der Waals surface area (Å²) in [6.45, 7) is -0.503. The number of halogens is 4. The molecule has 0 aliphatic rings. The zero-order valence-corrected chi connectivity index (χ0v) is 21.9. The van der Waals surface area contributed by atoms with Crippen molar-refractivity contribution in [3.8, 4) is 22.4 Å². The summed E-state index contributed by atoms with van der Waals surface area (Å²) in [5.74, 6) is -4.81. The third kappa shape index (κ3) is 6.35. The standard InChI is InChI=1S/C31H23F4N5O2/c32-21-11-18(12-22(33)15-21)13-27(30-23(7-4-10-37-30)20-8-9-25(34)24(14-20)31(36)42)38-29(41)17-40-28(35)16-26(39-40)19-5-2-1-3-6-19/h1-12,14-16,27H,13,17H2,(H2,36,42)(H,38,41)/t27-/m0/s1. The van der Waals surface area contributed by atoms with Crippen molar-refractivity contribution in [1.29, 1.82) is 0 Å². The molecule has 3 N–H and O–H groups in total.